The molecule has 0 saturated heterocycles. The highest BCUT2D eigenvalue weighted by Gasteiger charge is 2.49. The summed E-state index contributed by atoms with van der Waals surface area (Å²) in [5.74, 6) is -1.32. The number of nitrogens with one attached hydrogen (secondary N) is 1. The molecule has 4 aromatic rings. The first-order chi connectivity index (χ1) is 16.3. The first-order valence-electron chi connectivity index (χ1n) is 10.6. The summed E-state index contributed by atoms with van der Waals surface area (Å²) in [5.41, 5.74) is 0.263. The lowest BCUT2D eigenvalue weighted by Crippen LogP contribution is -2.64. The van der Waals surface area contributed by atoms with Gasteiger partial charge >= 0.3 is 0 Å². The summed E-state index contributed by atoms with van der Waals surface area (Å²) in [6.45, 7) is 1.73. The molecule has 1 aliphatic heterocycles. The van der Waals surface area contributed by atoms with Gasteiger partial charge in [-0.1, -0.05) is 12.1 Å². The lowest BCUT2D eigenvalue weighted by atomic mass is 9.93. The van der Waals surface area contributed by atoms with Crippen LogP contribution in [-0.4, -0.2) is 27.1 Å². The Labute approximate surface area is 193 Å². The van der Waals surface area contributed by atoms with E-state index in [1.165, 1.54) is 52.2 Å². The molecule has 1 atom stereocenters. The van der Waals surface area contributed by atoms with E-state index in [9.17, 15) is 18.4 Å². The SMILES string of the molecule is C[C@@]1(C(=O)NCc2cccc(F)c2)Cn2nc(-c3ccco3)cc2C(=O)N1c1ccc(F)cc1. The van der Waals surface area contributed by atoms with Gasteiger partial charge in [0.1, 0.15) is 28.6 Å². The van der Waals surface area contributed by atoms with Crippen LogP contribution in [0.5, 0.6) is 0 Å². The molecule has 7 nitrogen and oxygen atoms in total. The second kappa shape index (κ2) is 8.26. The summed E-state index contributed by atoms with van der Waals surface area (Å²) >= 11 is 0. The lowest BCUT2D eigenvalue weighted by Gasteiger charge is -2.43. The average Bonchev–Trinajstić information content (AvgIpc) is 3.49. The van der Waals surface area contributed by atoms with E-state index in [-0.39, 0.29) is 18.8 Å². The molecule has 5 rings (SSSR count). The first-order valence-corrected chi connectivity index (χ1v) is 10.6. The van der Waals surface area contributed by atoms with Crippen LogP contribution >= 0.6 is 0 Å². The Balaban J connectivity index is 1.53. The molecule has 172 valence electrons. The van der Waals surface area contributed by atoms with Crippen molar-refractivity contribution < 1.29 is 22.8 Å². The molecule has 3 heterocycles. The first kappa shape index (κ1) is 21.6. The molecule has 9 heteroatoms. The Morgan fingerprint density at radius 1 is 1.09 bits per heavy atom. The minimum absolute atomic E-state index is 0.0428. The quantitative estimate of drug-likeness (QED) is 0.483. The van der Waals surface area contributed by atoms with E-state index in [2.05, 4.69) is 10.4 Å². The third-order valence-corrected chi connectivity index (χ3v) is 5.84. The standard InChI is InChI=1S/C25H20F2N4O3/c1-25(24(33)28-14-16-4-2-5-18(27)12-16)15-30-21(13-20(29-30)22-6-3-11-34-22)23(32)31(25)19-9-7-17(26)8-10-19/h2-13H,14-15H2,1H3,(H,28,33)/t25-/m0/s1. The van der Waals surface area contributed by atoms with Gasteiger partial charge in [-0.25, -0.2) is 8.78 Å². The number of halogens is 2. The summed E-state index contributed by atoms with van der Waals surface area (Å²) in [6.07, 6.45) is 1.50. The maximum atomic E-state index is 13.6. The average molecular weight is 462 g/mol. The van der Waals surface area contributed by atoms with E-state index >= 15 is 0 Å². The van der Waals surface area contributed by atoms with E-state index in [1.54, 1.807) is 37.3 Å². The summed E-state index contributed by atoms with van der Waals surface area (Å²) in [5, 5.41) is 7.28. The zero-order valence-corrected chi connectivity index (χ0v) is 18.2. The van der Waals surface area contributed by atoms with Crippen LogP contribution in [0.25, 0.3) is 11.5 Å². The van der Waals surface area contributed by atoms with Crippen molar-refractivity contribution in [2.75, 3.05) is 4.90 Å². The Hall–Kier alpha value is -4.27. The van der Waals surface area contributed by atoms with Crippen molar-refractivity contribution >= 4 is 17.5 Å². The van der Waals surface area contributed by atoms with Gasteiger partial charge in [0.05, 0.1) is 12.8 Å². The molecule has 0 saturated carbocycles. The van der Waals surface area contributed by atoms with Gasteiger partial charge in [0.25, 0.3) is 5.91 Å². The minimum atomic E-state index is -1.40. The number of nitrogens with zero attached hydrogens (tertiary/aromatic N) is 3. The van der Waals surface area contributed by atoms with Gasteiger partial charge in [0.15, 0.2) is 5.76 Å². The van der Waals surface area contributed by atoms with E-state index in [0.717, 1.165) is 0 Å². The zero-order valence-electron chi connectivity index (χ0n) is 18.2. The largest absolute Gasteiger partial charge is 0.463 e. The van der Waals surface area contributed by atoms with E-state index in [0.29, 0.717) is 22.7 Å². The number of carbonyl (C=O) groups is 2. The molecule has 0 spiro atoms. The monoisotopic (exact) mass is 462 g/mol. The Morgan fingerprint density at radius 3 is 2.59 bits per heavy atom. The van der Waals surface area contributed by atoms with Gasteiger partial charge in [-0.3, -0.25) is 19.2 Å². The van der Waals surface area contributed by atoms with Crippen LogP contribution in [0.15, 0.2) is 77.4 Å². The van der Waals surface area contributed by atoms with Crippen molar-refractivity contribution in [2.24, 2.45) is 0 Å². The predicted molar refractivity (Wildman–Crippen MR) is 120 cm³/mol. The smallest absolute Gasteiger partial charge is 0.277 e. The van der Waals surface area contributed by atoms with Crippen molar-refractivity contribution in [2.45, 2.75) is 25.6 Å². The highest BCUT2D eigenvalue weighted by molar-refractivity contribution is 6.12. The summed E-state index contributed by atoms with van der Waals surface area (Å²) in [6, 6.07) is 16.3. The molecule has 0 radical (unpaired) electrons. The number of amides is 2. The zero-order chi connectivity index (χ0) is 23.9. The fourth-order valence-electron chi connectivity index (χ4n) is 4.14. The van der Waals surface area contributed by atoms with Crippen molar-refractivity contribution in [3.05, 3.63) is 95.9 Å². The molecule has 0 unspecified atom stereocenters. The van der Waals surface area contributed by atoms with Crippen LogP contribution in [0, 0.1) is 11.6 Å². The van der Waals surface area contributed by atoms with Crippen LogP contribution in [-0.2, 0) is 17.9 Å². The second-order valence-electron chi connectivity index (χ2n) is 8.25. The van der Waals surface area contributed by atoms with Crippen molar-refractivity contribution in [3.8, 4) is 11.5 Å². The fraction of sp³-hybridized carbons (Fsp3) is 0.160. The third-order valence-electron chi connectivity index (χ3n) is 5.84. The number of hydrogen-bond donors (Lipinski definition) is 1. The van der Waals surface area contributed by atoms with Gasteiger partial charge in [0.2, 0.25) is 5.91 Å². The topological polar surface area (TPSA) is 80.4 Å². The van der Waals surface area contributed by atoms with Crippen molar-refractivity contribution in [1.82, 2.24) is 15.1 Å². The molecule has 1 N–H and O–H groups in total. The third kappa shape index (κ3) is 3.75. The molecule has 0 bridgehead atoms. The molecule has 0 aliphatic carbocycles. The Kier molecular flexibility index (Phi) is 5.24. The summed E-state index contributed by atoms with van der Waals surface area (Å²) < 4.78 is 34.0. The number of hydrogen-bond acceptors (Lipinski definition) is 4. The number of carbonyl (C=O) groups excluding carboxylic acids is 2. The van der Waals surface area contributed by atoms with Gasteiger partial charge in [0, 0.05) is 18.3 Å². The molecule has 2 amide bonds. The lowest BCUT2D eigenvalue weighted by molar-refractivity contribution is -0.126. The van der Waals surface area contributed by atoms with Gasteiger partial charge in [-0.15, -0.1) is 0 Å². The van der Waals surface area contributed by atoms with Gasteiger partial charge in [-0.05, 0) is 61.0 Å². The summed E-state index contributed by atoms with van der Waals surface area (Å²) in [7, 11) is 0. The highest BCUT2D eigenvalue weighted by atomic mass is 19.1. The Bertz CT molecular complexity index is 1370. The van der Waals surface area contributed by atoms with Crippen LogP contribution < -0.4 is 10.2 Å². The maximum Gasteiger partial charge on any atom is 0.277 e. The number of rotatable bonds is 5. The molecule has 2 aromatic carbocycles. The van der Waals surface area contributed by atoms with Crippen LogP contribution in [0.3, 0.4) is 0 Å². The molecular formula is C25H20F2N4O3. The van der Waals surface area contributed by atoms with Crippen LogP contribution in [0.1, 0.15) is 23.0 Å². The van der Waals surface area contributed by atoms with Crippen LogP contribution in [0.4, 0.5) is 14.5 Å². The molecular weight excluding hydrogens is 442 g/mol. The van der Waals surface area contributed by atoms with E-state index in [1.807, 2.05) is 0 Å². The number of aromatic nitrogens is 2. The normalized spacial score (nSPS) is 17.5. The van der Waals surface area contributed by atoms with Gasteiger partial charge < -0.3 is 9.73 Å². The maximum absolute atomic E-state index is 13.6. The minimum Gasteiger partial charge on any atom is -0.463 e. The van der Waals surface area contributed by atoms with Crippen LogP contribution in [0.2, 0.25) is 0 Å². The molecule has 34 heavy (non-hydrogen) atoms. The highest BCUT2D eigenvalue weighted by Crippen LogP contribution is 2.34. The van der Waals surface area contributed by atoms with Crippen molar-refractivity contribution in [1.29, 1.82) is 0 Å². The molecule has 2 aromatic heterocycles. The second-order valence-corrected chi connectivity index (χ2v) is 8.25. The van der Waals surface area contributed by atoms with Crippen molar-refractivity contribution in [3.63, 3.8) is 0 Å². The Morgan fingerprint density at radius 2 is 1.88 bits per heavy atom. The molecule has 1 aliphatic rings. The number of furan rings is 1. The number of anilines is 1. The molecule has 0 fully saturated rings. The van der Waals surface area contributed by atoms with E-state index < -0.39 is 29.0 Å². The van der Waals surface area contributed by atoms with Gasteiger partial charge in [-0.2, -0.15) is 5.10 Å². The summed E-state index contributed by atoms with van der Waals surface area (Å²) in [4.78, 5) is 28.5. The van der Waals surface area contributed by atoms with E-state index in [4.69, 9.17) is 4.42 Å². The predicted octanol–water partition coefficient (Wildman–Crippen LogP) is 4.16. The fourth-order valence-corrected chi connectivity index (χ4v) is 4.14. The number of benzene rings is 2. The number of fused-ring (bicyclic) bond motifs is 1.